The Morgan fingerprint density at radius 1 is 1.23 bits per heavy atom. The molecule has 1 spiro atoms. The first-order valence-electron chi connectivity index (χ1n) is 9.31. The lowest BCUT2D eigenvalue weighted by molar-refractivity contribution is -0.128. The first-order chi connectivity index (χ1) is 12.7. The number of hydrogen-bond acceptors (Lipinski definition) is 4. The molecule has 2 aromatic rings. The minimum absolute atomic E-state index is 0.0621. The van der Waals surface area contributed by atoms with Gasteiger partial charge in [-0.25, -0.2) is 0 Å². The average molecular weight is 354 g/mol. The quantitative estimate of drug-likeness (QED) is 0.845. The van der Waals surface area contributed by atoms with Crippen LogP contribution in [0.3, 0.4) is 0 Å². The number of amides is 1. The largest absolute Gasteiger partial charge is 0.371 e. The van der Waals surface area contributed by atoms with E-state index in [1.807, 2.05) is 17.0 Å². The van der Waals surface area contributed by atoms with E-state index in [-0.39, 0.29) is 11.5 Å². The van der Waals surface area contributed by atoms with Crippen LogP contribution in [0.4, 0.5) is 0 Å². The molecule has 0 saturated carbocycles. The van der Waals surface area contributed by atoms with E-state index in [2.05, 4.69) is 39.8 Å². The van der Waals surface area contributed by atoms with Crippen molar-refractivity contribution in [2.24, 2.45) is 7.05 Å². The fourth-order valence-electron chi connectivity index (χ4n) is 4.00. The average Bonchev–Trinajstić information content (AvgIpc) is 3.09. The highest BCUT2D eigenvalue weighted by Gasteiger charge is 2.41. The van der Waals surface area contributed by atoms with Crippen molar-refractivity contribution in [2.75, 3.05) is 32.8 Å². The molecule has 0 aromatic carbocycles. The third kappa shape index (κ3) is 3.52. The summed E-state index contributed by atoms with van der Waals surface area (Å²) in [7, 11) is 2.09. The zero-order chi connectivity index (χ0) is 18.0. The molecular weight excluding hydrogens is 328 g/mol. The number of piperidine rings is 1. The highest BCUT2D eigenvalue weighted by atomic mass is 16.5. The van der Waals surface area contributed by atoms with Crippen LogP contribution in [0.1, 0.15) is 28.9 Å². The Morgan fingerprint density at radius 3 is 2.77 bits per heavy atom. The lowest BCUT2D eigenvalue weighted by Gasteiger charge is -2.47. The summed E-state index contributed by atoms with van der Waals surface area (Å²) in [6.07, 6.45) is 7.36. The lowest BCUT2D eigenvalue weighted by atomic mass is 9.89. The molecule has 4 heterocycles. The topological polar surface area (TPSA) is 50.6 Å². The number of ether oxygens (including phenoxy) is 1. The van der Waals surface area contributed by atoms with Gasteiger partial charge in [-0.05, 0) is 37.1 Å². The monoisotopic (exact) mass is 354 g/mol. The van der Waals surface area contributed by atoms with Crippen molar-refractivity contribution >= 4 is 5.91 Å². The van der Waals surface area contributed by atoms with Crippen LogP contribution in [0.2, 0.25) is 0 Å². The lowest BCUT2D eigenvalue weighted by Crippen LogP contribution is -2.57. The first kappa shape index (κ1) is 17.2. The van der Waals surface area contributed by atoms with Gasteiger partial charge in [0.05, 0.1) is 24.3 Å². The van der Waals surface area contributed by atoms with Crippen molar-refractivity contribution in [2.45, 2.75) is 25.0 Å². The molecule has 0 N–H and O–H groups in total. The van der Waals surface area contributed by atoms with Crippen LogP contribution in [0.25, 0.3) is 0 Å². The highest BCUT2D eigenvalue weighted by molar-refractivity contribution is 5.94. The molecular formula is C20H26N4O2. The zero-order valence-corrected chi connectivity index (χ0v) is 15.3. The maximum Gasteiger partial charge on any atom is 0.255 e. The van der Waals surface area contributed by atoms with E-state index in [1.165, 1.54) is 5.69 Å². The predicted molar refractivity (Wildman–Crippen MR) is 98.7 cm³/mol. The summed E-state index contributed by atoms with van der Waals surface area (Å²) in [5.41, 5.74) is 1.80. The summed E-state index contributed by atoms with van der Waals surface area (Å²) in [5, 5.41) is 0. The second-order valence-electron chi connectivity index (χ2n) is 7.39. The zero-order valence-electron chi connectivity index (χ0n) is 15.3. The summed E-state index contributed by atoms with van der Waals surface area (Å²) < 4.78 is 8.36. The Labute approximate surface area is 154 Å². The van der Waals surface area contributed by atoms with E-state index in [4.69, 9.17) is 4.74 Å². The first-order valence-corrected chi connectivity index (χ1v) is 9.31. The molecule has 1 amide bonds. The van der Waals surface area contributed by atoms with Gasteiger partial charge >= 0.3 is 0 Å². The fourth-order valence-corrected chi connectivity index (χ4v) is 4.00. The molecule has 0 atom stereocenters. The van der Waals surface area contributed by atoms with Gasteiger partial charge in [-0.3, -0.25) is 14.7 Å². The van der Waals surface area contributed by atoms with Gasteiger partial charge in [0.1, 0.15) is 0 Å². The third-order valence-electron chi connectivity index (χ3n) is 5.65. The Morgan fingerprint density at radius 2 is 2.08 bits per heavy atom. The van der Waals surface area contributed by atoms with Crippen LogP contribution in [-0.2, 0) is 18.3 Å². The number of hydrogen-bond donors (Lipinski definition) is 0. The maximum absolute atomic E-state index is 12.8. The number of nitrogens with zero attached hydrogens (tertiary/aromatic N) is 4. The van der Waals surface area contributed by atoms with Crippen LogP contribution in [-0.4, -0.2) is 63.6 Å². The van der Waals surface area contributed by atoms with Crippen LogP contribution in [0.15, 0.2) is 42.9 Å². The Balaban J connectivity index is 1.37. The molecule has 2 aliphatic rings. The second kappa shape index (κ2) is 7.21. The van der Waals surface area contributed by atoms with Gasteiger partial charge in [0, 0.05) is 57.5 Å². The Bertz CT molecular complexity index is 750. The summed E-state index contributed by atoms with van der Waals surface area (Å²) in [6.45, 7) is 4.92. The minimum atomic E-state index is -0.194. The molecule has 2 aromatic heterocycles. The Kier molecular flexibility index (Phi) is 4.78. The number of rotatable bonds is 3. The molecule has 6 nitrogen and oxygen atoms in total. The van der Waals surface area contributed by atoms with Crippen molar-refractivity contribution in [3.8, 4) is 0 Å². The van der Waals surface area contributed by atoms with Crippen molar-refractivity contribution < 1.29 is 9.53 Å². The minimum Gasteiger partial charge on any atom is -0.371 e. The molecule has 4 rings (SSSR count). The van der Waals surface area contributed by atoms with E-state index in [9.17, 15) is 4.79 Å². The molecule has 0 unspecified atom stereocenters. The third-order valence-corrected chi connectivity index (χ3v) is 5.65. The van der Waals surface area contributed by atoms with Crippen molar-refractivity contribution in [3.63, 3.8) is 0 Å². The van der Waals surface area contributed by atoms with Gasteiger partial charge < -0.3 is 14.2 Å². The van der Waals surface area contributed by atoms with Gasteiger partial charge in [0.15, 0.2) is 0 Å². The van der Waals surface area contributed by atoms with E-state index < -0.39 is 0 Å². The summed E-state index contributed by atoms with van der Waals surface area (Å²) in [6, 6.07) is 7.91. The predicted octanol–water partition coefficient (Wildman–Crippen LogP) is 1.93. The number of likely N-dealkylation sites (tertiary alicyclic amines) is 1. The van der Waals surface area contributed by atoms with Gasteiger partial charge in [-0.1, -0.05) is 0 Å². The van der Waals surface area contributed by atoms with Crippen molar-refractivity contribution in [1.29, 1.82) is 0 Å². The van der Waals surface area contributed by atoms with Crippen LogP contribution in [0, 0.1) is 0 Å². The Hall–Kier alpha value is -2.18. The van der Waals surface area contributed by atoms with Crippen LogP contribution >= 0.6 is 0 Å². The summed E-state index contributed by atoms with van der Waals surface area (Å²) in [5.74, 6) is 0.0621. The second-order valence-corrected chi connectivity index (χ2v) is 7.39. The van der Waals surface area contributed by atoms with E-state index in [1.54, 1.807) is 12.4 Å². The molecule has 2 aliphatic heterocycles. The van der Waals surface area contributed by atoms with E-state index in [0.717, 1.165) is 32.5 Å². The van der Waals surface area contributed by atoms with Gasteiger partial charge in [-0.2, -0.15) is 0 Å². The molecule has 0 aliphatic carbocycles. The number of carbonyl (C=O) groups is 1. The molecule has 2 saturated heterocycles. The van der Waals surface area contributed by atoms with Crippen LogP contribution in [0.5, 0.6) is 0 Å². The van der Waals surface area contributed by atoms with E-state index in [0.29, 0.717) is 25.3 Å². The fraction of sp³-hybridized carbons (Fsp3) is 0.500. The number of carbonyl (C=O) groups excluding carboxylic acids is 1. The smallest absolute Gasteiger partial charge is 0.255 e. The molecule has 6 heteroatoms. The number of aryl methyl sites for hydroxylation is 1. The van der Waals surface area contributed by atoms with E-state index >= 15 is 0 Å². The van der Waals surface area contributed by atoms with Gasteiger partial charge in [0.2, 0.25) is 0 Å². The maximum atomic E-state index is 12.8. The number of aromatic nitrogens is 2. The van der Waals surface area contributed by atoms with Crippen LogP contribution < -0.4 is 0 Å². The molecule has 0 bridgehead atoms. The molecule has 138 valence electrons. The van der Waals surface area contributed by atoms with Gasteiger partial charge in [0.25, 0.3) is 5.91 Å². The summed E-state index contributed by atoms with van der Waals surface area (Å²) >= 11 is 0. The SMILES string of the molecule is Cn1cccc1CN1CCC2(CC1)CN(C(=O)c1cccnc1)CCO2. The molecule has 0 radical (unpaired) electrons. The summed E-state index contributed by atoms with van der Waals surface area (Å²) in [4.78, 5) is 21.2. The molecule has 2 fully saturated rings. The number of pyridine rings is 1. The standard InChI is InChI=1S/C20H26N4O2/c1-22-9-3-5-18(22)15-23-10-6-20(7-11-23)16-24(12-13-26-20)19(25)17-4-2-8-21-14-17/h2-5,8-9,14H,6-7,10-13,15-16H2,1H3. The molecule has 26 heavy (non-hydrogen) atoms. The number of morpholine rings is 1. The van der Waals surface area contributed by atoms with Crippen molar-refractivity contribution in [3.05, 3.63) is 54.1 Å². The van der Waals surface area contributed by atoms with Gasteiger partial charge in [-0.15, -0.1) is 0 Å². The highest BCUT2D eigenvalue weighted by Crippen LogP contribution is 2.31. The normalized spacial score (nSPS) is 20.4. The van der Waals surface area contributed by atoms with Crippen molar-refractivity contribution in [1.82, 2.24) is 19.4 Å².